The van der Waals surface area contributed by atoms with E-state index >= 15 is 0 Å². The highest BCUT2D eigenvalue weighted by atomic mass is 16.6. The van der Waals surface area contributed by atoms with Crippen LogP contribution in [0.5, 0.6) is 5.75 Å². The van der Waals surface area contributed by atoms with Gasteiger partial charge in [0.2, 0.25) is 0 Å². The van der Waals surface area contributed by atoms with E-state index in [0.717, 1.165) is 5.56 Å². The summed E-state index contributed by atoms with van der Waals surface area (Å²) in [6.07, 6.45) is 1.55. The zero-order chi connectivity index (χ0) is 24.3. The first-order valence-corrected chi connectivity index (χ1v) is 10.4. The maximum Gasteiger partial charge on any atom is 0.407 e. The van der Waals surface area contributed by atoms with Crippen LogP contribution in [0.3, 0.4) is 0 Å². The minimum absolute atomic E-state index is 0.146. The fourth-order valence-corrected chi connectivity index (χ4v) is 3.07. The highest BCUT2D eigenvalue weighted by Crippen LogP contribution is 2.32. The second kappa shape index (κ2) is 12.2. The molecular weight excluding hydrogens is 444 g/mol. The molecule has 0 saturated carbocycles. The van der Waals surface area contributed by atoms with Crippen molar-refractivity contribution in [2.24, 2.45) is 0 Å². The molecule has 3 aromatic rings. The van der Waals surface area contributed by atoms with Gasteiger partial charge in [-0.3, -0.25) is 0 Å². The summed E-state index contributed by atoms with van der Waals surface area (Å²) in [5, 5.41) is 26.0. The van der Waals surface area contributed by atoms with Crippen LogP contribution in [0.15, 0.2) is 59.5 Å². The van der Waals surface area contributed by atoms with E-state index < -0.39 is 18.2 Å². The number of benzene rings is 2. The van der Waals surface area contributed by atoms with E-state index in [1.165, 1.54) is 13.5 Å². The number of ether oxygens (including phenoxy) is 2. The molecule has 11 heteroatoms. The molecule has 5 N–H and O–H groups in total. The molecule has 0 spiro atoms. The molecule has 0 radical (unpaired) electrons. The Morgan fingerprint density at radius 2 is 1.91 bits per heavy atom. The molecule has 2 aromatic carbocycles. The van der Waals surface area contributed by atoms with Gasteiger partial charge in [-0.1, -0.05) is 12.1 Å². The van der Waals surface area contributed by atoms with Crippen molar-refractivity contribution in [2.75, 3.05) is 31.0 Å². The third-order valence-electron chi connectivity index (χ3n) is 4.71. The summed E-state index contributed by atoms with van der Waals surface area (Å²) in [5.74, 6) is 1.05. The Morgan fingerprint density at radius 1 is 1.12 bits per heavy atom. The molecule has 0 unspecified atom stereocenters. The number of alkyl carbamates (subject to hydrolysis) is 1. The Kier molecular flexibility index (Phi) is 8.83. The van der Waals surface area contributed by atoms with Gasteiger partial charge in [-0.15, -0.1) is 0 Å². The average Bonchev–Trinajstić information content (AvgIpc) is 3.37. The van der Waals surface area contributed by atoms with Crippen LogP contribution < -0.4 is 20.7 Å². The summed E-state index contributed by atoms with van der Waals surface area (Å²) in [7, 11) is 1.52. The number of hydrogen-bond acceptors (Lipinski definition) is 8. The summed E-state index contributed by atoms with van der Waals surface area (Å²) in [6.45, 7) is -0.433. The van der Waals surface area contributed by atoms with Gasteiger partial charge in [0.25, 0.3) is 0 Å². The number of methoxy groups -OCH3 is 1. The topological polar surface area (TPSA) is 155 Å². The van der Waals surface area contributed by atoms with Gasteiger partial charge in [0.1, 0.15) is 11.9 Å². The number of aliphatic hydroxyl groups excluding tert-OH is 2. The highest BCUT2D eigenvalue weighted by molar-refractivity contribution is 6.00. The molecule has 3 amide bonds. The summed E-state index contributed by atoms with van der Waals surface area (Å²) < 4.78 is 15.7. The van der Waals surface area contributed by atoms with Crippen molar-refractivity contribution in [1.29, 1.82) is 0 Å². The van der Waals surface area contributed by atoms with Crippen LogP contribution in [-0.4, -0.2) is 53.7 Å². The number of aromatic nitrogens is 1. The van der Waals surface area contributed by atoms with E-state index in [1.54, 1.807) is 48.7 Å². The van der Waals surface area contributed by atoms with Gasteiger partial charge in [-0.05, 0) is 29.8 Å². The van der Waals surface area contributed by atoms with Crippen molar-refractivity contribution in [2.45, 2.75) is 19.1 Å². The van der Waals surface area contributed by atoms with Crippen LogP contribution in [-0.2, 0) is 11.3 Å². The van der Waals surface area contributed by atoms with Gasteiger partial charge in [0.05, 0.1) is 25.5 Å². The molecule has 0 aliphatic rings. The Hall–Kier alpha value is -4.09. The monoisotopic (exact) mass is 470 g/mol. The fourth-order valence-electron chi connectivity index (χ4n) is 3.07. The first-order chi connectivity index (χ1) is 16.5. The van der Waals surface area contributed by atoms with E-state index in [2.05, 4.69) is 20.9 Å². The summed E-state index contributed by atoms with van der Waals surface area (Å²) in [5.41, 5.74) is 2.45. The van der Waals surface area contributed by atoms with E-state index in [0.29, 0.717) is 28.4 Å². The lowest BCUT2D eigenvalue weighted by atomic mass is 10.1. The van der Waals surface area contributed by atoms with Gasteiger partial charge < -0.3 is 40.1 Å². The molecule has 1 aromatic heterocycles. The normalized spacial score (nSPS) is 11.4. The van der Waals surface area contributed by atoms with Gasteiger partial charge in [0.15, 0.2) is 12.2 Å². The molecule has 0 bridgehead atoms. The SMILES string of the molecule is COc1cc(NC(=O)Nc2cccc(CNC(=O)O[C@H](CO)CCO)c2)ccc1-c1cnco1. The first-order valence-electron chi connectivity index (χ1n) is 10.4. The number of hydrogen-bond donors (Lipinski definition) is 5. The van der Waals surface area contributed by atoms with Crippen LogP contribution in [0.2, 0.25) is 0 Å². The van der Waals surface area contributed by atoms with Gasteiger partial charge in [0, 0.05) is 37.0 Å². The fraction of sp³-hybridized carbons (Fsp3) is 0.261. The number of amides is 3. The number of rotatable bonds is 10. The van der Waals surface area contributed by atoms with Gasteiger partial charge >= 0.3 is 12.1 Å². The van der Waals surface area contributed by atoms with Crippen LogP contribution >= 0.6 is 0 Å². The van der Waals surface area contributed by atoms with E-state index in [4.69, 9.17) is 24.1 Å². The zero-order valence-electron chi connectivity index (χ0n) is 18.5. The van der Waals surface area contributed by atoms with Crippen molar-refractivity contribution in [1.82, 2.24) is 10.3 Å². The van der Waals surface area contributed by atoms with Gasteiger partial charge in [-0.25, -0.2) is 14.6 Å². The third-order valence-corrected chi connectivity index (χ3v) is 4.71. The number of oxazole rings is 1. The maximum absolute atomic E-state index is 12.5. The molecule has 1 atom stereocenters. The molecular formula is C23H26N4O7. The lowest BCUT2D eigenvalue weighted by Gasteiger charge is -2.15. The molecule has 180 valence electrons. The molecule has 0 fully saturated rings. The molecule has 0 aliphatic carbocycles. The van der Waals surface area contributed by atoms with Crippen molar-refractivity contribution < 1.29 is 33.7 Å². The first kappa shape index (κ1) is 24.6. The van der Waals surface area contributed by atoms with Crippen molar-refractivity contribution >= 4 is 23.5 Å². The lowest BCUT2D eigenvalue weighted by Crippen LogP contribution is -2.31. The number of carbonyl (C=O) groups excluding carboxylic acids is 2. The third kappa shape index (κ3) is 6.95. The van der Waals surface area contributed by atoms with Crippen LogP contribution in [0.25, 0.3) is 11.3 Å². The van der Waals surface area contributed by atoms with Crippen LogP contribution in [0.1, 0.15) is 12.0 Å². The predicted octanol–water partition coefficient (Wildman–Crippen LogP) is 2.96. The zero-order valence-corrected chi connectivity index (χ0v) is 18.5. The average molecular weight is 470 g/mol. The number of anilines is 2. The number of urea groups is 1. The van der Waals surface area contributed by atoms with Crippen molar-refractivity contribution in [3.05, 3.63) is 60.6 Å². The standard InChI is InChI=1S/C23H26N4O7/c1-32-20-10-17(5-6-19(20)21-12-24-14-33-21)27-22(30)26-16-4-2-3-15(9-16)11-25-23(31)34-18(13-29)7-8-28/h2-6,9-10,12,14,18,28-29H,7-8,11,13H2,1H3,(H,25,31)(H2,26,27,30)/t18-/m0/s1. The van der Waals surface area contributed by atoms with E-state index in [-0.39, 0.29) is 26.2 Å². The molecule has 0 saturated heterocycles. The molecule has 11 nitrogen and oxygen atoms in total. The van der Waals surface area contributed by atoms with Crippen LogP contribution in [0, 0.1) is 0 Å². The predicted molar refractivity (Wildman–Crippen MR) is 123 cm³/mol. The number of carbonyl (C=O) groups is 2. The van der Waals surface area contributed by atoms with Crippen LogP contribution in [0.4, 0.5) is 21.0 Å². The lowest BCUT2D eigenvalue weighted by molar-refractivity contribution is 0.0424. The maximum atomic E-state index is 12.5. The van der Waals surface area contributed by atoms with Crippen molar-refractivity contribution in [3.63, 3.8) is 0 Å². The highest BCUT2D eigenvalue weighted by Gasteiger charge is 2.13. The summed E-state index contributed by atoms with van der Waals surface area (Å²) in [4.78, 5) is 28.2. The Morgan fingerprint density at radius 3 is 2.59 bits per heavy atom. The Bertz CT molecular complexity index is 1090. The number of nitrogens with one attached hydrogen (secondary N) is 3. The number of aliphatic hydroxyl groups is 2. The Balaban J connectivity index is 1.55. The second-order valence-electron chi connectivity index (χ2n) is 7.14. The second-order valence-corrected chi connectivity index (χ2v) is 7.14. The summed E-state index contributed by atoms with van der Waals surface area (Å²) in [6, 6.07) is 11.6. The molecule has 0 aliphatic heterocycles. The van der Waals surface area contributed by atoms with E-state index in [1.807, 2.05) is 0 Å². The minimum Gasteiger partial charge on any atom is -0.496 e. The van der Waals surface area contributed by atoms with Crippen molar-refractivity contribution in [3.8, 4) is 17.1 Å². The molecule has 1 heterocycles. The Labute approximate surface area is 195 Å². The minimum atomic E-state index is -0.773. The summed E-state index contributed by atoms with van der Waals surface area (Å²) >= 11 is 0. The van der Waals surface area contributed by atoms with E-state index in [9.17, 15) is 9.59 Å². The molecule has 3 rings (SSSR count). The van der Waals surface area contributed by atoms with Gasteiger partial charge in [-0.2, -0.15) is 0 Å². The quantitative estimate of drug-likeness (QED) is 0.303. The number of nitrogens with zero attached hydrogens (tertiary/aromatic N) is 1. The largest absolute Gasteiger partial charge is 0.496 e. The molecule has 34 heavy (non-hydrogen) atoms. The smallest absolute Gasteiger partial charge is 0.407 e.